The monoisotopic (exact) mass is 379 g/mol. The molecule has 0 bridgehead atoms. The zero-order valence-corrected chi connectivity index (χ0v) is 15.1. The Morgan fingerprint density at radius 3 is 2.42 bits per heavy atom. The Morgan fingerprint density at radius 1 is 1.12 bits per heavy atom. The van der Waals surface area contributed by atoms with Crippen molar-refractivity contribution >= 4 is 11.6 Å². The summed E-state index contributed by atoms with van der Waals surface area (Å²) in [5.41, 5.74) is 2.05. The number of likely N-dealkylation sites (tertiary alicyclic amines) is 1. The lowest BCUT2D eigenvalue weighted by Crippen LogP contribution is -2.38. The molecular weight excluding hydrogens is 357 g/mol. The summed E-state index contributed by atoms with van der Waals surface area (Å²) in [7, 11) is 0. The summed E-state index contributed by atoms with van der Waals surface area (Å²) < 4.78 is 17.4. The molecule has 1 fully saturated rings. The fourth-order valence-corrected chi connectivity index (χ4v) is 3.61. The summed E-state index contributed by atoms with van der Waals surface area (Å²) in [4.78, 5) is 2.08. The van der Waals surface area contributed by atoms with Crippen LogP contribution in [0.15, 0.2) is 48.5 Å². The molecule has 6 heteroatoms. The van der Waals surface area contributed by atoms with Crippen molar-refractivity contribution in [2.75, 3.05) is 26.4 Å². The van der Waals surface area contributed by atoms with E-state index in [-0.39, 0.29) is 25.2 Å². The van der Waals surface area contributed by atoms with Crippen LogP contribution in [0.4, 0.5) is 4.39 Å². The van der Waals surface area contributed by atoms with Crippen molar-refractivity contribution in [3.05, 3.63) is 64.7 Å². The van der Waals surface area contributed by atoms with Crippen molar-refractivity contribution in [3.8, 4) is 5.75 Å². The first-order valence-corrected chi connectivity index (χ1v) is 9.06. The van der Waals surface area contributed by atoms with Crippen LogP contribution in [-0.2, 0) is 6.54 Å². The number of aliphatic hydroxyl groups is 2. The first-order valence-electron chi connectivity index (χ1n) is 8.68. The highest BCUT2D eigenvalue weighted by molar-refractivity contribution is 6.30. The van der Waals surface area contributed by atoms with Gasteiger partial charge in [0.15, 0.2) is 0 Å². The van der Waals surface area contributed by atoms with E-state index in [1.54, 1.807) is 0 Å². The Balaban J connectivity index is 1.69. The molecule has 1 saturated heterocycles. The summed E-state index contributed by atoms with van der Waals surface area (Å²) in [6.45, 7) is 0.678. The lowest BCUT2D eigenvalue weighted by atomic mass is 9.94. The SMILES string of the molecule is OC[C@@H]1[C@H](O)[C@@H](c2ccc(Cl)cc2)CN1Cc1ccc(OCCF)cc1. The van der Waals surface area contributed by atoms with Crippen molar-refractivity contribution in [1.29, 1.82) is 0 Å². The second-order valence-electron chi connectivity index (χ2n) is 6.51. The molecule has 0 aliphatic carbocycles. The Labute approximate surface area is 157 Å². The number of hydrogen-bond acceptors (Lipinski definition) is 4. The third-order valence-corrected chi connectivity index (χ3v) is 5.10. The molecule has 2 aromatic carbocycles. The molecule has 4 nitrogen and oxygen atoms in total. The minimum Gasteiger partial charge on any atom is -0.491 e. The van der Waals surface area contributed by atoms with E-state index in [2.05, 4.69) is 4.90 Å². The first-order chi connectivity index (χ1) is 12.6. The van der Waals surface area contributed by atoms with Gasteiger partial charge in [0.1, 0.15) is 19.0 Å². The lowest BCUT2D eigenvalue weighted by molar-refractivity contribution is 0.0641. The maximum atomic E-state index is 12.2. The minimum atomic E-state index is -0.645. The number of benzene rings is 2. The van der Waals surface area contributed by atoms with Crippen molar-refractivity contribution in [3.63, 3.8) is 0 Å². The van der Waals surface area contributed by atoms with Gasteiger partial charge < -0.3 is 14.9 Å². The molecule has 0 saturated carbocycles. The molecule has 1 heterocycles. The van der Waals surface area contributed by atoms with Crippen LogP contribution >= 0.6 is 11.6 Å². The number of hydrogen-bond donors (Lipinski definition) is 2. The summed E-state index contributed by atoms with van der Waals surface area (Å²) in [5, 5.41) is 21.1. The molecule has 0 amide bonds. The molecule has 1 aliphatic heterocycles. The standard InChI is InChI=1S/C20H23ClFNO3/c21-16-5-3-15(4-6-16)18-12-23(19(13-24)20(18)25)11-14-1-7-17(8-2-14)26-10-9-22/h1-8,18-20,24-25H,9-13H2/t18-,19-,20-/m1/s1. The van der Waals surface area contributed by atoms with E-state index >= 15 is 0 Å². The zero-order valence-electron chi connectivity index (χ0n) is 14.4. The highest BCUT2D eigenvalue weighted by Crippen LogP contribution is 2.33. The summed E-state index contributed by atoms with van der Waals surface area (Å²) in [6, 6.07) is 14.6. The van der Waals surface area contributed by atoms with E-state index in [9.17, 15) is 14.6 Å². The lowest BCUT2D eigenvalue weighted by Gasteiger charge is -2.24. The summed E-state index contributed by atoms with van der Waals surface area (Å²) in [5.74, 6) is 0.558. The van der Waals surface area contributed by atoms with Gasteiger partial charge in [-0.2, -0.15) is 0 Å². The molecule has 1 aliphatic rings. The molecular formula is C20H23ClFNO3. The first kappa shape index (κ1) is 19.1. The second-order valence-corrected chi connectivity index (χ2v) is 6.95. The van der Waals surface area contributed by atoms with Crippen LogP contribution in [0, 0.1) is 0 Å². The number of ether oxygens (including phenoxy) is 1. The Kier molecular flexibility index (Phi) is 6.48. The van der Waals surface area contributed by atoms with E-state index in [4.69, 9.17) is 16.3 Å². The summed E-state index contributed by atoms with van der Waals surface area (Å²) >= 11 is 5.95. The highest BCUT2D eigenvalue weighted by atomic mass is 35.5. The molecule has 0 unspecified atom stereocenters. The van der Waals surface area contributed by atoms with Gasteiger partial charge in [-0.25, -0.2) is 4.39 Å². The fourth-order valence-electron chi connectivity index (χ4n) is 3.48. The van der Waals surface area contributed by atoms with Crippen LogP contribution in [-0.4, -0.2) is 53.7 Å². The van der Waals surface area contributed by atoms with Gasteiger partial charge in [0.25, 0.3) is 0 Å². The predicted molar refractivity (Wildman–Crippen MR) is 99.4 cm³/mol. The predicted octanol–water partition coefficient (Wildman–Crippen LogP) is 3.01. The molecule has 0 radical (unpaired) electrons. The number of alkyl halides is 1. The van der Waals surface area contributed by atoms with Crippen molar-refractivity contribution < 1.29 is 19.3 Å². The van der Waals surface area contributed by atoms with Gasteiger partial charge in [0, 0.05) is 24.0 Å². The van der Waals surface area contributed by atoms with E-state index < -0.39 is 12.8 Å². The zero-order chi connectivity index (χ0) is 18.5. The maximum Gasteiger partial charge on any atom is 0.123 e. The van der Waals surface area contributed by atoms with Crippen molar-refractivity contribution in [2.45, 2.75) is 24.6 Å². The summed E-state index contributed by atoms with van der Waals surface area (Å²) in [6.07, 6.45) is -0.645. The van der Waals surface area contributed by atoms with Gasteiger partial charge >= 0.3 is 0 Å². The Bertz CT molecular complexity index is 695. The molecule has 3 atom stereocenters. The van der Waals surface area contributed by atoms with Gasteiger partial charge in [-0.1, -0.05) is 35.9 Å². The van der Waals surface area contributed by atoms with Crippen molar-refractivity contribution in [1.82, 2.24) is 4.90 Å². The smallest absolute Gasteiger partial charge is 0.123 e. The maximum absolute atomic E-state index is 12.2. The largest absolute Gasteiger partial charge is 0.491 e. The van der Waals surface area contributed by atoms with Gasteiger partial charge in [0.2, 0.25) is 0 Å². The second kappa shape index (κ2) is 8.82. The number of halogens is 2. The Morgan fingerprint density at radius 2 is 1.81 bits per heavy atom. The Hall–Kier alpha value is -1.66. The van der Waals surface area contributed by atoms with Crippen molar-refractivity contribution in [2.24, 2.45) is 0 Å². The van der Waals surface area contributed by atoms with E-state index in [1.165, 1.54) is 0 Å². The molecule has 0 aromatic heterocycles. The molecule has 2 N–H and O–H groups in total. The van der Waals surface area contributed by atoms with E-state index in [1.807, 2.05) is 48.5 Å². The van der Waals surface area contributed by atoms with Gasteiger partial charge in [-0.3, -0.25) is 4.90 Å². The topological polar surface area (TPSA) is 52.9 Å². The number of aliphatic hydroxyl groups excluding tert-OH is 2. The molecule has 26 heavy (non-hydrogen) atoms. The van der Waals surface area contributed by atoms with E-state index in [0.717, 1.165) is 11.1 Å². The number of rotatable bonds is 7. The van der Waals surface area contributed by atoms with E-state index in [0.29, 0.717) is 23.9 Å². The van der Waals surface area contributed by atoms with Crippen LogP contribution in [0.2, 0.25) is 5.02 Å². The van der Waals surface area contributed by atoms with Crippen LogP contribution in [0.3, 0.4) is 0 Å². The van der Waals surface area contributed by atoms with Crippen LogP contribution in [0.5, 0.6) is 5.75 Å². The third-order valence-electron chi connectivity index (χ3n) is 4.85. The van der Waals surface area contributed by atoms with Crippen LogP contribution in [0.1, 0.15) is 17.0 Å². The normalized spacial score (nSPS) is 23.3. The van der Waals surface area contributed by atoms with Gasteiger partial charge in [-0.15, -0.1) is 0 Å². The van der Waals surface area contributed by atoms with Gasteiger partial charge in [-0.05, 0) is 35.4 Å². The average molecular weight is 380 g/mol. The quantitative estimate of drug-likeness (QED) is 0.776. The minimum absolute atomic E-state index is 0.0486. The van der Waals surface area contributed by atoms with Crippen LogP contribution < -0.4 is 4.74 Å². The third kappa shape index (κ3) is 4.35. The highest BCUT2D eigenvalue weighted by Gasteiger charge is 2.40. The van der Waals surface area contributed by atoms with Gasteiger partial charge in [0.05, 0.1) is 18.8 Å². The average Bonchev–Trinajstić information content (AvgIpc) is 2.97. The fraction of sp³-hybridized carbons (Fsp3) is 0.400. The molecule has 0 spiro atoms. The molecule has 2 aromatic rings. The van der Waals surface area contributed by atoms with Crippen LogP contribution in [0.25, 0.3) is 0 Å². The number of nitrogens with zero attached hydrogens (tertiary/aromatic N) is 1. The molecule has 140 valence electrons. The molecule has 3 rings (SSSR count).